The average Bonchev–Trinajstić information content (AvgIpc) is 3.16. The monoisotopic (exact) mass is 501 g/mol. The number of carbonyl (C=O) groups excluding carboxylic acids is 1. The molecule has 7 rings (SSSR count). The van der Waals surface area contributed by atoms with Crippen LogP contribution < -0.4 is 10.3 Å². The molecule has 5 fully saturated rings. The van der Waals surface area contributed by atoms with Gasteiger partial charge in [0.25, 0.3) is 0 Å². The molecule has 1 heterocycles. The SMILES string of the molecule is O=C(NC12CC3CC(CC(C3)C1)C2)C1CN(Cc2cccc(F)c2)N(c2ccc(Cl)cc2Cl)C1. The third kappa shape index (κ3) is 4.31. The summed E-state index contributed by atoms with van der Waals surface area (Å²) in [6, 6.07) is 12.1. The summed E-state index contributed by atoms with van der Waals surface area (Å²) in [5.74, 6) is 2.04. The summed E-state index contributed by atoms with van der Waals surface area (Å²) in [6.45, 7) is 1.60. The maximum atomic E-state index is 13.9. The van der Waals surface area contributed by atoms with Gasteiger partial charge in [-0.1, -0.05) is 35.3 Å². The first-order valence-corrected chi connectivity index (χ1v) is 13.2. The van der Waals surface area contributed by atoms with Crippen LogP contribution >= 0.6 is 23.2 Å². The lowest BCUT2D eigenvalue weighted by atomic mass is 9.53. The number of hydrazine groups is 1. The Morgan fingerprint density at radius 1 is 1.00 bits per heavy atom. The van der Waals surface area contributed by atoms with Crippen molar-refractivity contribution < 1.29 is 9.18 Å². The second kappa shape index (κ2) is 8.69. The van der Waals surface area contributed by atoms with Gasteiger partial charge in [-0.05, 0) is 92.2 Å². The molecule has 2 aromatic carbocycles. The molecule has 34 heavy (non-hydrogen) atoms. The molecule has 2 aromatic rings. The number of nitrogens with one attached hydrogen (secondary N) is 1. The third-order valence-electron chi connectivity index (χ3n) is 8.41. The zero-order valence-electron chi connectivity index (χ0n) is 19.2. The van der Waals surface area contributed by atoms with E-state index in [1.165, 1.54) is 25.3 Å². The van der Waals surface area contributed by atoms with E-state index >= 15 is 0 Å². The molecule has 1 saturated heterocycles. The van der Waals surface area contributed by atoms with E-state index in [1.54, 1.807) is 18.2 Å². The molecular formula is C27H30Cl2FN3O. The molecule has 4 bridgehead atoms. The minimum absolute atomic E-state index is 0.00937. The van der Waals surface area contributed by atoms with Crippen LogP contribution in [0.4, 0.5) is 10.1 Å². The molecule has 0 spiro atoms. The van der Waals surface area contributed by atoms with Gasteiger partial charge in [-0.25, -0.2) is 9.40 Å². The molecule has 7 heteroatoms. The van der Waals surface area contributed by atoms with Crippen LogP contribution in [0.25, 0.3) is 0 Å². The fourth-order valence-electron chi connectivity index (χ4n) is 7.47. The first-order chi connectivity index (χ1) is 16.4. The molecule has 5 aliphatic rings. The van der Waals surface area contributed by atoms with Gasteiger partial charge in [-0.3, -0.25) is 4.79 Å². The molecule has 4 aliphatic carbocycles. The van der Waals surface area contributed by atoms with Gasteiger partial charge in [0.05, 0.1) is 16.6 Å². The number of benzene rings is 2. The van der Waals surface area contributed by atoms with Crippen molar-refractivity contribution >= 4 is 34.8 Å². The predicted octanol–water partition coefficient (Wildman–Crippen LogP) is 6.07. The highest BCUT2D eigenvalue weighted by atomic mass is 35.5. The Morgan fingerprint density at radius 3 is 2.35 bits per heavy atom. The molecule has 4 saturated carbocycles. The lowest BCUT2D eigenvalue weighted by Gasteiger charge is -2.57. The molecule has 1 unspecified atom stereocenters. The van der Waals surface area contributed by atoms with Crippen molar-refractivity contribution in [1.82, 2.24) is 10.3 Å². The average molecular weight is 502 g/mol. The molecule has 1 atom stereocenters. The lowest BCUT2D eigenvalue weighted by Crippen LogP contribution is -2.61. The van der Waals surface area contributed by atoms with Gasteiger partial charge in [0.1, 0.15) is 5.82 Å². The van der Waals surface area contributed by atoms with Crippen LogP contribution in [-0.4, -0.2) is 29.5 Å². The largest absolute Gasteiger partial charge is 0.350 e. The number of halogens is 3. The zero-order chi connectivity index (χ0) is 23.4. The van der Waals surface area contributed by atoms with E-state index in [9.17, 15) is 9.18 Å². The number of carbonyl (C=O) groups is 1. The summed E-state index contributed by atoms with van der Waals surface area (Å²) in [4.78, 5) is 13.6. The maximum Gasteiger partial charge on any atom is 0.226 e. The Bertz CT molecular complexity index is 1070. The van der Waals surface area contributed by atoms with E-state index in [0.29, 0.717) is 29.7 Å². The molecule has 4 nitrogen and oxygen atoms in total. The summed E-state index contributed by atoms with van der Waals surface area (Å²) in [6.07, 6.45) is 7.46. The Balaban J connectivity index is 1.23. The summed E-state index contributed by atoms with van der Waals surface area (Å²) in [5.41, 5.74) is 1.66. The van der Waals surface area contributed by atoms with Crippen molar-refractivity contribution in [2.45, 2.75) is 50.6 Å². The first-order valence-electron chi connectivity index (χ1n) is 12.4. The Kier molecular flexibility index (Phi) is 5.78. The second-order valence-corrected chi connectivity index (χ2v) is 11.9. The summed E-state index contributed by atoms with van der Waals surface area (Å²) in [5, 5.41) is 8.83. The smallest absolute Gasteiger partial charge is 0.226 e. The number of hydrogen-bond acceptors (Lipinski definition) is 3. The van der Waals surface area contributed by atoms with Crippen LogP contribution in [0.3, 0.4) is 0 Å². The van der Waals surface area contributed by atoms with Crippen LogP contribution in [-0.2, 0) is 11.3 Å². The number of nitrogens with zero attached hydrogens (tertiary/aromatic N) is 2. The van der Waals surface area contributed by atoms with Crippen LogP contribution in [0.2, 0.25) is 10.0 Å². The lowest BCUT2D eigenvalue weighted by molar-refractivity contribution is -0.130. The van der Waals surface area contributed by atoms with Gasteiger partial charge in [-0.2, -0.15) is 0 Å². The van der Waals surface area contributed by atoms with Crippen molar-refractivity contribution in [3.05, 3.63) is 63.9 Å². The van der Waals surface area contributed by atoms with E-state index in [-0.39, 0.29) is 23.2 Å². The minimum Gasteiger partial charge on any atom is -0.350 e. The highest BCUT2D eigenvalue weighted by molar-refractivity contribution is 6.36. The summed E-state index contributed by atoms with van der Waals surface area (Å²) >= 11 is 12.7. The van der Waals surface area contributed by atoms with Crippen LogP contribution in [0, 0.1) is 29.5 Å². The van der Waals surface area contributed by atoms with Crippen LogP contribution in [0.15, 0.2) is 42.5 Å². The fraction of sp³-hybridized carbons (Fsp3) is 0.519. The van der Waals surface area contributed by atoms with E-state index < -0.39 is 0 Å². The van der Waals surface area contributed by atoms with Crippen molar-refractivity contribution in [1.29, 1.82) is 0 Å². The van der Waals surface area contributed by atoms with Gasteiger partial charge < -0.3 is 10.3 Å². The Hall–Kier alpha value is -1.82. The molecule has 1 amide bonds. The van der Waals surface area contributed by atoms with Crippen molar-refractivity contribution in [3.63, 3.8) is 0 Å². The van der Waals surface area contributed by atoms with Gasteiger partial charge in [0.15, 0.2) is 0 Å². The number of hydrogen-bond donors (Lipinski definition) is 1. The summed E-state index contributed by atoms with van der Waals surface area (Å²) < 4.78 is 13.9. The second-order valence-electron chi connectivity index (χ2n) is 11.0. The van der Waals surface area contributed by atoms with E-state index in [2.05, 4.69) is 15.3 Å². The topological polar surface area (TPSA) is 35.6 Å². The molecule has 1 N–H and O–H groups in total. The van der Waals surface area contributed by atoms with E-state index in [0.717, 1.165) is 48.3 Å². The Morgan fingerprint density at radius 2 is 1.71 bits per heavy atom. The highest BCUT2D eigenvalue weighted by Crippen LogP contribution is 2.55. The third-order valence-corrected chi connectivity index (χ3v) is 8.94. The van der Waals surface area contributed by atoms with Gasteiger partial charge in [0.2, 0.25) is 5.91 Å². The minimum atomic E-state index is -0.260. The molecule has 0 aromatic heterocycles. The quantitative estimate of drug-likeness (QED) is 0.539. The zero-order valence-corrected chi connectivity index (χ0v) is 20.7. The molecule has 180 valence electrons. The van der Waals surface area contributed by atoms with Crippen molar-refractivity contribution in [3.8, 4) is 0 Å². The maximum absolute atomic E-state index is 13.9. The highest BCUT2D eigenvalue weighted by Gasteiger charge is 2.52. The normalized spacial score (nSPS) is 32.4. The Labute approximate surface area is 210 Å². The number of rotatable bonds is 5. The fourth-order valence-corrected chi connectivity index (χ4v) is 7.97. The molecule has 0 radical (unpaired) electrons. The standard InChI is InChI=1S/C27H30Cl2FN3O/c28-22-4-5-25(24(29)10-22)33-16-21(15-32(33)14-17-2-1-3-23(30)9-17)26(34)31-27-11-18-6-19(12-27)8-20(7-18)13-27/h1-5,9-10,18-21H,6-8,11-16H2,(H,31,34). The molecule has 1 aliphatic heterocycles. The number of anilines is 1. The van der Waals surface area contributed by atoms with E-state index in [4.69, 9.17) is 23.2 Å². The van der Waals surface area contributed by atoms with Crippen molar-refractivity contribution in [2.75, 3.05) is 18.1 Å². The number of amides is 1. The van der Waals surface area contributed by atoms with Crippen LogP contribution in [0.5, 0.6) is 0 Å². The van der Waals surface area contributed by atoms with Gasteiger partial charge >= 0.3 is 0 Å². The molecular weight excluding hydrogens is 472 g/mol. The predicted molar refractivity (Wildman–Crippen MR) is 133 cm³/mol. The van der Waals surface area contributed by atoms with Gasteiger partial charge in [-0.15, -0.1) is 0 Å². The van der Waals surface area contributed by atoms with E-state index in [1.807, 2.05) is 18.2 Å². The van der Waals surface area contributed by atoms with Gasteiger partial charge in [0, 0.05) is 30.2 Å². The first kappa shape index (κ1) is 22.6. The van der Waals surface area contributed by atoms with Crippen molar-refractivity contribution in [2.24, 2.45) is 23.7 Å². The van der Waals surface area contributed by atoms with Crippen LogP contribution in [0.1, 0.15) is 44.1 Å². The summed E-state index contributed by atoms with van der Waals surface area (Å²) in [7, 11) is 0.